The highest BCUT2D eigenvalue weighted by atomic mass is 35.6. The van der Waals surface area contributed by atoms with E-state index in [4.69, 9.17) is 39.2 Å². The van der Waals surface area contributed by atoms with Gasteiger partial charge in [0.2, 0.25) is 5.89 Å². The SMILES string of the molecule is O=[N+]([O-])c1ccc(/C=C/c2nnc(C(Cl)(Cl)Cl)o2)cc1. The molecule has 0 unspecified atom stereocenters. The molecule has 0 radical (unpaired) electrons. The van der Waals surface area contributed by atoms with Gasteiger partial charge in [0.25, 0.3) is 15.4 Å². The predicted molar refractivity (Wildman–Crippen MR) is 75.6 cm³/mol. The van der Waals surface area contributed by atoms with Crippen LogP contribution in [0.3, 0.4) is 0 Å². The normalized spacial score (nSPS) is 11.9. The second-order valence-electron chi connectivity index (χ2n) is 3.63. The first-order chi connectivity index (χ1) is 9.36. The van der Waals surface area contributed by atoms with Gasteiger partial charge >= 0.3 is 0 Å². The molecule has 2 rings (SSSR count). The number of nitrogens with zero attached hydrogens (tertiary/aromatic N) is 3. The van der Waals surface area contributed by atoms with Gasteiger partial charge in [-0.3, -0.25) is 10.1 Å². The molecule has 0 saturated heterocycles. The summed E-state index contributed by atoms with van der Waals surface area (Å²) in [4.78, 5) is 10.0. The maximum Gasteiger partial charge on any atom is 0.269 e. The number of aromatic nitrogens is 2. The first-order valence-corrected chi connectivity index (χ1v) is 6.33. The smallest absolute Gasteiger partial charge is 0.269 e. The van der Waals surface area contributed by atoms with Crippen molar-refractivity contribution in [2.75, 3.05) is 0 Å². The Kier molecular flexibility index (Phi) is 4.27. The summed E-state index contributed by atoms with van der Waals surface area (Å²) >= 11 is 16.7. The molecule has 0 atom stereocenters. The molecule has 0 aliphatic heterocycles. The molecule has 0 aliphatic rings. The third kappa shape index (κ3) is 3.69. The number of alkyl halides is 3. The molecule has 1 aromatic carbocycles. The molecule has 2 aromatic rings. The summed E-state index contributed by atoms with van der Waals surface area (Å²) in [6.07, 6.45) is 3.15. The van der Waals surface area contributed by atoms with Crippen LogP contribution in [0.5, 0.6) is 0 Å². The number of hydrogen-bond donors (Lipinski definition) is 0. The molecule has 20 heavy (non-hydrogen) atoms. The molecular formula is C11H6Cl3N3O3. The highest BCUT2D eigenvalue weighted by Crippen LogP contribution is 2.37. The van der Waals surface area contributed by atoms with E-state index in [1.165, 1.54) is 18.2 Å². The summed E-state index contributed by atoms with van der Waals surface area (Å²) < 4.78 is 3.35. The number of benzene rings is 1. The zero-order valence-corrected chi connectivity index (χ0v) is 11.9. The van der Waals surface area contributed by atoms with Crippen molar-refractivity contribution in [2.45, 2.75) is 3.79 Å². The summed E-state index contributed by atoms with van der Waals surface area (Å²) in [5.74, 6) is 0.0236. The highest BCUT2D eigenvalue weighted by molar-refractivity contribution is 6.66. The van der Waals surface area contributed by atoms with Crippen LogP contribution in [0.4, 0.5) is 5.69 Å². The molecule has 0 spiro atoms. The Hall–Kier alpha value is -1.63. The molecule has 104 valence electrons. The average molecular weight is 335 g/mol. The fourth-order valence-electron chi connectivity index (χ4n) is 1.29. The molecule has 0 aliphatic carbocycles. The van der Waals surface area contributed by atoms with Crippen molar-refractivity contribution >= 4 is 52.6 Å². The van der Waals surface area contributed by atoms with Crippen LogP contribution >= 0.6 is 34.8 Å². The lowest BCUT2D eigenvalue weighted by Gasteiger charge is -2.01. The summed E-state index contributed by atoms with van der Waals surface area (Å²) in [6.45, 7) is 0. The van der Waals surface area contributed by atoms with Gasteiger partial charge in [0, 0.05) is 18.2 Å². The van der Waals surface area contributed by atoms with Gasteiger partial charge in [-0.2, -0.15) is 0 Å². The first-order valence-electron chi connectivity index (χ1n) is 5.19. The van der Waals surface area contributed by atoms with E-state index in [9.17, 15) is 10.1 Å². The van der Waals surface area contributed by atoms with Crippen LogP contribution in [0.25, 0.3) is 12.2 Å². The molecule has 0 bridgehead atoms. The van der Waals surface area contributed by atoms with Gasteiger partial charge in [0.1, 0.15) is 0 Å². The van der Waals surface area contributed by atoms with Crippen molar-refractivity contribution < 1.29 is 9.34 Å². The lowest BCUT2D eigenvalue weighted by molar-refractivity contribution is -0.384. The number of hydrogen-bond acceptors (Lipinski definition) is 5. The fourth-order valence-corrected chi connectivity index (χ4v) is 1.52. The third-order valence-electron chi connectivity index (χ3n) is 2.21. The largest absolute Gasteiger partial charge is 0.417 e. The van der Waals surface area contributed by atoms with E-state index in [-0.39, 0.29) is 17.5 Å². The van der Waals surface area contributed by atoms with E-state index >= 15 is 0 Å². The average Bonchev–Trinajstić information content (AvgIpc) is 2.85. The van der Waals surface area contributed by atoms with Crippen molar-refractivity contribution in [1.82, 2.24) is 10.2 Å². The predicted octanol–water partition coefficient (Wildman–Crippen LogP) is 3.97. The van der Waals surface area contributed by atoms with Gasteiger partial charge in [-0.15, -0.1) is 10.2 Å². The maximum absolute atomic E-state index is 10.5. The molecule has 0 N–H and O–H groups in total. The standard InChI is InChI=1S/C11H6Cl3N3O3/c12-11(13,14)10-16-15-9(20-10)6-3-7-1-4-8(5-2-7)17(18)19/h1-6H/b6-3+. The number of nitro benzene ring substituents is 1. The minimum Gasteiger partial charge on any atom is -0.417 e. The lowest BCUT2D eigenvalue weighted by atomic mass is 10.2. The second-order valence-corrected chi connectivity index (χ2v) is 5.91. The molecule has 1 aromatic heterocycles. The summed E-state index contributed by atoms with van der Waals surface area (Å²) in [5.41, 5.74) is 0.739. The van der Waals surface area contributed by atoms with Crippen LogP contribution in [-0.4, -0.2) is 15.1 Å². The molecular weight excluding hydrogens is 328 g/mol. The van der Waals surface area contributed by atoms with Crippen molar-refractivity contribution in [3.05, 3.63) is 51.7 Å². The molecule has 0 saturated carbocycles. The van der Waals surface area contributed by atoms with Gasteiger partial charge in [-0.05, 0) is 23.8 Å². The highest BCUT2D eigenvalue weighted by Gasteiger charge is 2.29. The van der Waals surface area contributed by atoms with Crippen LogP contribution in [-0.2, 0) is 3.79 Å². The molecule has 6 nitrogen and oxygen atoms in total. The fraction of sp³-hybridized carbons (Fsp3) is 0.0909. The second kappa shape index (κ2) is 5.78. The quantitative estimate of drug-likeness (QED) is 0.482. The molecule has 9 heteroatoms. The monoisotopic (exact) mass is 333 g/mol. The summed E-state index contributed by atoms with van der Waals surface area (Å²) in [7, 11) is 0. The van der Waals surface area contributed by atoms with Crippen LogP contribution in [0.15, 0.2) is 28.7 Å². The Morgan fingerprint density at radius 1 is 1.15 bits per heavy atom. The van der Waals surface area contributed by atoms with Gasteiger partial charge in [-0.25, -0.2) is 0 Å². The Morgan fingerprint density at radius 3 is 2.30 bits per heavy atom. The van der Waals surface area contributed by atoms with E-state index in [0.717, 1.165) is 5.56 Å². The van der Waals surface area contributed by atoms with E-state index in [1.807, 2.05) is 0 Å². The third-order valence-corrected chi connectivity index (χ3v) is 2.69. The maximum atomic E-state index is 10.5. The summed E-state index contributed by atoms with van der Waals surface area (Å²) in [6, 6.07) is 5.95. The Morgan fingerprint density at radius 2 is 1.80 bits per heavy atom. The Balaban J connectivity index is 2.13. The first kappa shape index (κ1) is 14.8. The molecule has 1 heterocycles. The summed E-state index contributed by atoms with van der Waals surface area (Å²) in [5, 5.41) is 17.8. The van der Waals surface area contributed by atoms with Crippen LogP contribution in [0.2, 0.25) is 0 Å². The zero-order valence-electron chi connectivity index (χ0n) is 9.66. The minimum absolute atomic E-state index is 0.0124. The topological polar surface area (TPSA) is 82.1 Å². The van der Waals surface area contributed by atoms with Crippen molar-refractivity contribution in [3.8, 4) is 0 Å². The zero-order chi connectivity index (χ0) is 14.8. The molecule has 0 fully saturated rings. The number of non-ortho nitro benzene ring substituents is 1. The van der Waals surface area contributed by atoms with Crippen molar-refractivity contribution in [1.29, 1.82) is 0 Å². The van der Waals surface area contributed by atoms with E-state index in [1.54, 1.807) is 18.2 Å². The van der Waals surface area contributed by atoms with Crippen molar-refractivity contribution in [2.24, 2.45) is 0 Å². The van der Waals surface area contributed by atoms with Gasteiger partial charge in [0.05, 0.1) is 4.92 Å². The molecule has 0 amide bonds. The van der Waals surface area contributed by atoms with Gasteiger partial charge in [0.15, 0.2) is 0 Å². The van der Waals surface area contributed by atoms with E-state index in [0.29, 0.717) is 0 Å². The Bertz CT molecular complexity index is 647. The van der Waals surface area contributed by atoms with E-state index in [2.05, 4.69) is 10.2 Å². The number of halogens is 3. The lowest BCUT2D eigenvalue weighted by Crippen LogP contribution is -1.99. The van der Waals surface area contributed by atoms with Crippen LogP contribution < -0.4 is 0 Å². The number of nitro groups is 1. The van der Waals surface area contributed by atoms with Gasteiger partial charge < -0.3 is 4.42 Å². The number of rotatable bonds is 3. The van der Waals surface area contributed by atoms with E-state index < -0.39 is 8.72 Å². The van der Waals surface area contributed by atoms with Crippen molar-refractivity contribution in [3.63, 3.8) is 0 Å². The van der Waals surface area contributed by atoms with Crippen LogP contribution in [0.1, 0.15) is 17.3 Å². The van der Waals surface area contributed by atoms with Crippen LogP contribution in [0, 0.1) is 10.1 Å². The van der Waals surface area contributed by atoms with Gasteiger partial charge in [-0.1, -0.05) is 34.8 Å². The minimum atomic E-state index is -1.77. The Labute approximate surface area is 128 Å².